The number of nitrogens with zero attached hydrogens (tertiary/aromatic N) is 2. The number of nitrogens with one attached hydrogen (secondary N) is 1. The first kappa shape index (κ1) is 13.8. The van der Waals surface area contributed by atoms with Gasteiger partial charge in [-0.1, -0.05) is 13.0 Å². The van der Waals surface area contributed by atoms with Crippen molar-refractivity contribution in [2.45, 2.75) is 63.8 Å². The standard InChI is InChI=1S/C16H25N3O/c1-2-7-17-11-12-4-3-8-18-16(12)19-13-5-6-14(19)10-15(20)9-13/h3-4,8,13-15,17,20H,2,5-7,9-11H2,1H3. The van der Waals surface area contributed by atoms with E-state index in [1.807, 2.05) is 12.3 Å². The molecule has 2 atom stereocenters. The lowest BCUT2D eigenvalue weighted by Gasteiger charge is -2.39. The third-order valence-corrected chi connectivity index (χ3v) is 4.56. The van der Waals surface area contributed by atoms with Crippen LogP contribution in [0.15, 0.2) is 18.3 Å². The number of rotatable bonds is 5. The summed E-state index contributed by atoms with van der Waals surface area (Å²) >= 11 is 0. The predicted octanol–water partition coefficient (Wildman–Crippen LogP) is 2.07. The number of aliphatic hydroxyl groups is 1. The third kappa shape index (κ3) is 2.67. The van der Waals surface area contributed by atoms with Crippen molar-refractivity contribution in [2.75, 3.05) is 11.4 Å². The lowest BCUT2D eigenvalue weighted by molar-refractivity contribution is 0.126. The largest absolute Gasteiger partial charge is 0.393 e. The number of anilines is 1. The van der Waals surface area contributed by atoms with Crippen LogP contribution >= 0.6 is 0 Å². The molecule has 3 heterocycles. The molecule has 2 aliphatic rings. The number of aliphatic hydroxyl groups excluding tert-OH is 1. The van der Waals surface area contributed by atoms with E-state index < -0.39 is 0 Å². The number of fused-ring (bicyclic) bond motifs is 2. The van der Waals surface area contributed by atoms with Crippen LogP contribution in [0.25, 0.3) is 0 Å². The number of hydrogen-bond donors (Lipinski definition) is 2. The van der Waals surface area contributed by atoms with Crippen LogP contribution in [0.1, 0.15) is 44.6 Å². The molecule has 0 radical (unpaired) electrons. The fourth-order valence-corrected chi connectivity index (χ4v) is 3.69. The summed E-state index contributed by atoms with van der Waals surface area (Å²) in [5.41, 5.74) is 1.29. The summed E-state index contributed by atoms with van der Waals surface area (Å²) in [5.74, 6) is 1.13. The zero-order chi connectivity index (χ0) is 13.9. The van der Waals surface area contributed by atoms with Crippen molar-refractivity contribution in [2.24, 2.45) is 0 Å². The maximum Gasteiger partial charge on any atom is 0.133 e. The van der Waals surface area contributed by atoms with E-state index in [0.29, 0.717) is 12.1 Å². The summed E-state index contributed by atoms with van der Waals surface area (Å²) in [5, 5.41) is 13.4. The van der Waals surface area contributed by atoms with Gasteiger partial charge in [-0.2, -0.15) is 0 Å². The minimum Gasteiger partial charge on any atom is -0.393 e. The number of hydrogen-bond acceptors (Lipinski definition) is 4. The molecule has 0 aromatic carbocycles. The van der Waals surface area contributed by atoms with Gasteiger partial charge in [0.05, 0.1) is 6.10 Å². The molecule has 2 fully saturated rings. The van der Waals surface area contributed by atoms with Crippen molar-refractivity contribution in [1.82, 2.24) is 10.3 Å². The highest BCUT2D eigenvalue weighted by molar-refractivity contribution is 5.50. The molecule has 2 saturated heterocycles. The number of aromatic nitrogens is 1. The molecular formula is C16H25N3O. The first-order valence-electron chi connectivity index (χ1n) is 7.90. The van der Waals surface area contributed by atoms with Crippen LogP contribution < -0.4 is 10.2 Å². The van der Waals surface area contributed by atoms with Crippen molar-refractivity contribution < 1.29 is 5.11 Å². The van der Waals surface area contributed by atoms with Crippen LogP contribution in [-0.4, -0.2) is 34.8 Å². The van der Waals surface area contributed by atoms with Crippen molar-refractivity contribution >= 4 is 5.82 Å². The average Bonchev–Trinajstić information content (AvgIpc) is 2.72. The van der Waals surface area contributed by atoms with Gasteiger partial charge < -0.3 is 15.3 Å². The molecular weight excluding hydrogens is 250 g/mol. The van der Waals surface area contributed by atoms with E-state index in [1.54, 1.807) is 0 Å². The molecule has 0 saturated carbocycles. The molecule has 0 amide bonds. The van der Waals surface area contributed by atoms with Crippen molar-refractivity contribution in [1.29, 1.82) is 0 Å². The summed E-state index contributed by atoms with van der Waals surface area (Å²) in [4.78, 5) is 7.13. The Hall–Kier alpha value is -1.13. The van der Waals surface area contributed by atoms with Gasteiger partial charge in [-0.15, -0.1) is 0 Å². The molecule has 2 unspecified atom stereocenters. The van der Waals surface area contributed by atoms with E-state index in [4.69, 9.17) is 0 Å². The zero-order valence-electron chi connectivity index (χ0n) is 12.3. The quantitative estimate of drug-likeness (QED) is 0.808. The molecule has 4 nitrogen and oxygen atoms in total. The van der Waals surface area contributed by atoms with Gasteiger partial charge in [0.1, 0.15) is 5.82 Å². The molecule has 20 heavy (non-hydrogen) atoms. The second-order valence-corrected chi connectivity index (χ2v) is 6.08. The topological polar surface area (TPSA) is 48.4 Å². The minimum absolute atomic E-state index is 0.117. The van der Waals surface area contributed by atoms with E-state index in [1.165, 1.54) is 18.4 Å². The fraction of sp³-hybridized carbons (Fsp3) is 0.688. The molecule has 3 rings (SSSR count). The SMILES string of the molecule is CCCNCc1cccnc1N1C2CCC1CC(O)C2. The maximum atomic E-state index is 9.94. The van der Waals surface area contributed by atoms with Crippen molar-refractivity contribution in [3.8, 4) is 0 Å². The zero-order valence-corrected chi connectivity index (χ0v) is 12.3. The highest BCUT2D eigenvalue weighted by Gasteiger charge is 2.41. The summed E-state index contributed by atoms with van der Waals surface area (Å²) < 4.78 is 0. The highest BCUT2D eigenvalue weighted by atomic mass is 16.3. The summed E-state index contributed by atoms with van der Waals surface area (Å²) in [6, 6.07) is 5.15. The Labute approximate surface area is 121 Å². The molecule has 4 heteroatoms. The molecule has 0 spiro atoms. The second kappa shape index (κ2) is 6.10. The molecule has 1 aromatic rings. The molecule has 2 aliphatic heterocycles. The molecule has 2 N–H and O–H groups in total. The van der Waals surface area contributed by atoms with Gasteiger partial charge in [0.2, 0.25) is 0 Å². The monoisotopic (exact) mass is 275 g/mol. The van der Waals surface area contributed by atoms with Crippen LogP contribution in [0.5, 0.6) is 0 Å². The average molecular weight is 275 g/mol. The van der Waals surface area contributed by atoms with Crippen LogP contribution in [0.3, 0.4) is 0 Å². The molecule has 110 valence electrons. The Morgan fingerprint density at radius 1 is 1.35 bits per heavy atom. The van der Waals surface area contributed by atoms with E-state index in [-0.39, 0.29) is 6.10 Å². The van der Waals surface area contributed by atoms with Gasteiger partial charge in [-0.05, 0) is 44.7 Å². The van der Waals surface area contributed by atoms with Crippen LogP contribution in [-0.2, 0) is 6.54 Å². The normalized spacial score (nSPS) is 28.9. The van der Waals surface area contributed by atoms with Gasteiger partial charge >= 0.3 is 0 Å². The first-order chi connectivity index (χ1) is 9.79. The first-order valence-corrected chi connectivity index (χ1v) is 7.90. The van der Waals surface area contributed by atoms with Gasteiger partial charge in [-0.25, -0.2) is 4.98 Å². The van der Waals surface area contributed by atoms with Gasteiger partial charge in [0.25, 0.3) is 0 Å². The Bertz CT molecular complexity index is 437. The van der Waals surface area contributed by atoms with Crippen LogP contribution in [0.4, 0.5) is 5.82 Å². The van der Waals surface area contributed by atoms with Crippen LogP contribution in [0, 0.1) is 0 Å². The fourth-order valence-electron chi connectivity index (χ4n) is 3.69. The highest BCUT2D eigenvalue weighted by Crippen LogP contribution is 2.39. The van der Waals surface area contributed by atoms with E-state index >= 15 is 0 Å². The lowest BCUT2D eigenvalue weighted by Crippen LogP contribution is -2.45. The Morgan fingerprint density at radius 2 is 2.10 bits per heavy atom. The van der Waals surface area contributed by atoms with Gasteiger partial charge in [0, 0.05) is 30.4 Å². The van der Waals surface area contributed by atoms with Crippen molar-refractivity contribution in [3.05, 3.63) is 23.9 Å². The summed E-state index contributed by atoms with van der Waals surface area (Å²) in [6.07, 6.45) is 7.11. The Kier molecular flexibility index (Phi) is 4.22. The van der Waals surface area contributed by atoms with Gasteiger partial charge in [0.15, 0.2) is 0 Å². The van der Waals surface area contributed by atoms with Crippen molar-refractivity contribution in [3.63, 3.8) is 0 Å². The number of pyridine rings is 1. The lowest BCUT2D eigenvalue weighted by atomic mass is 9.99. The number of piperidine rings is 1. The Balaban J connectivity index is 1.80. The van der Waals surface area contributed by atoms with E-state index in [9.17, 15) is 5.11 Å². The summed E-state index contributed by atoms with van der Waals surface area (Å²) in [7, 11) is 0. The third-order valence-electron chi connectivity index (χ3n) is 4.56. The summed E-state index contributed by atoms with van der Waals surface area (Å²) in [6.45, 7) is 4.11. The molecule has 2 bridgehead atoms. The Morgan fingerprint density at radius 3 is 2.80 bits per heavy atom. The van der Waals surface area contributed by atoms with E-state index in [0.717, 1.165) is 38.2 Å². The molecule has 1 aromatic heterocycles. The maximum absolute atomic E-state index is 9.94. The predicted molar refractivity (Wildman–Crippen MR) is 80.8 cm³/mol. The minimum atomic E-state index is -0.117. The molecule has 0 aliphatic carbocycles. The van der Waals surface area contributed by atoms with Gasteiger partial charge in [-0.3, -0.25) is 0 Å². The van der Waals surface area contributed by atoms with Crippen LogP contribution in [0.2, 0.25) is 0 Å². The van der Waals surface area contributed by atoms with E-state index in [2.05, 4.69) is 28.2 Å². The second-order valence-electron chi connectivity index (χ2n) is 6.08. The smallest absolute Gasteiger partial charge is 0.133 e.